The van der Waals surface area contributed by atoms with Crippen LogP contribution < -0.4 is 11.1 Å². The topological polar surface area (TPSA) is 96.7 Å². The summed E-state index contributed by atoms with van der Waals surface area (Å²) in [5.41, 5.74) is 10.8. The quantitative estimate of drug-likeness (QED) is 0.672. The van der Waals surface area contributed by atoms with Gasteiger partial charge in [-0.1, -0.05) is 13.0 Å². The van der Waals surface area contributed by atoms with Crippen LogP contribution in [0.1, 0.15) is 28.5 Å². The van der Waals surface area contributed by atoms with Crippen molar-refractivity contribution in [2.24, 2.45) is 5.73 Å². The highest BCUT2D eigenvalue weighted by molar-refractivity contribution is 6.04. The molecular weight excluding hydrogens is 290 g/mol. The van der Waals surface area contributed by atoms with Gasteiger partial charge in [-0.2, -0.15) is 5.10 Å². The Hall–Kier alpha value is -2.73. The second kappa shape index (κ2) is 6.18. The first-order chi connectivity index (χ1) is 11.1. The van der Waals surface area contributed by atoms with Crippen LogP contribution in [0.5, 0.6) is 0 Å². The van der Waals surface area contributed by atoms with Crippen LogP contribution in [0.25, 0.3) is 22.0 Å². The minimum atomic E-state index is -0.538. The molecule has 4 N–H and O–H groups in total. The Kier molecular flexibility index (Phi) is 4.08. The van der Waals surface area contributed by atoms with E-state index < -0.39 is 5.91 Å². The van der Waals surface area contributed by atoms with E-state index in [4.69, 9.17) is 5.73 Å². The van der Waals surface area contributed by atoms with Crippen molar-refractivity contribution in [1.82, 2.24) is 20.5 Å². The second-order valence-corrected chi connectivity index (χ2v) is 5.45. The molecule has 1 aromatic carbocycles. The van der Waals surface area contributed by atoms with Gasteiger partial charge in [0, 0.05) is 29.9 Å². The molecule has 0 aliphatic rings. The molecule has 0 spiro atoms. The molecule has 0 fully saturated rings. The summed E-state index contributed by atoms with van der Waals surface area (Å²) in [7, 11) is 0. The predicted octanol–water partition coefficient (Wildman–Crippen LogP) is 2.14. The van der Waals surface area contributed by atoms with Crippen LogP contribution >= 0.6 is 0 Å². The Morgan fingerprint density at radius 1 is 1.35 bits per heavy atom. The summed E-state index contributed by atoms with van der Waals surface area (Å²) in [4.78, 5) is 15.8. The van der Waals surface area contributed by atoms with Crippen molar-refractivity contribution in [2.45, 2.75) is 20.4 Å². The Bertz CT molecular complexity index is 869. The number of amides is 1. The average Bonchev–Trinajstić information content (AvgIpc) is 2.97. The fraction of sp³-hybridized carbons (Fsp3) is 0.235. The molecule has 0 radical (unpaired) electrons. The second-order valence-electron chi connectivity index (χ2n) is 5.45. The molecule has 118 valence electrons. The highest BCUT2D eigenvalue weighted by Crippen LogP contribution is 2.28. The van der Waals surface area contributed by atoms with E-state index in [0.717, 1.165) is 40.7 Å². The number of aromatic nitrogens is 3. The number of nitrogens with one attached hydrogen (secondary N) is 2. The van der Waals surface area contributed by atoms with E-state index in [0.29, 0.717) is 0 Å². The monoisotopic (exact) mass is 309 g/mol. The third-order valence-electron chi connectivity index (χ3n) is 3.99. The number of hydrogen-bond acceptors (Lipinski definition) is 4. The fourth-order valence-corrected chi connectivity index (χ4v) is 2.67. The highest BCUT2D eigenvalue weighted by Gasteiger charge is 2.13. The molecule has 0 aliphatic carbocycles. The molecule has 3 rings (SSSR count). The van der Waals surface area contributed by atoms with Crippen molar-refractivity contribution < 1.29 is 4.79 Å². The fourth-order valence-electron chi connectivity index (χ4n) is 2.67. The van der Waals surface area contributed by atoms with Crippen molar-refractivity contribution in [3.8, 4) is 11.1 Å². The van der Waals surface area contributed by atoms with Crippen molar-refractivity contribution in [3.63, 3.8) is 0 Å². The van der Waals surface area contributed by atoms with Gasteiger partial charge in [0.1, 0.15) is 0 Å². The maximum Gasteiger partial charge on any atom is 0.269 e. The summed E-state index contributed by atoms with van der Waals surface area (Å²) in [6.45, 7) is 5.85. The number of pyridine rings is 1. The number of nitrogens with zero attached hydrogens (tertiary/aromatic N) is 2. The Balaban J connectivity index is 2.09. The van der Waals surface area contributed by atoms with Gasteiger partial charge in [-0.15, -0.1) is 0 Å². The summed E-state index contributed by atoms with van der Waals surface area (Å²) >= 11 is 0. The Morgan fingerprint density at radius 2 is 2.17 bits per heavy atom. The lowest BCUT2D eigenvalue weighted by molar-refractivity contribution is 0.0997. The molecule has 6 heteroatoms. The molecule has 2 heterocycles. The number of fused-ring (bicyclic) bond motifs is 1. The Morgan fingerprint density at radius 3 is 2.91 bits per heavy atom. The van der Waals surface area contributed by atoms with Crippen LogP contribution in [0.2, 0.25) is 0 Å². The Labute approximate surface area is 134 Å². The van der Waals surface area contributed by atoms with E-state index in [-0.39, 0.29) is 5.69 Å². The first-order valence-electron chi connectivity index (χ1n) is 7.54. The number of hydrogen-bond donors (Lipinski definition) is 3. The van der Waals surface area contributed by atoms with Crippen molar-refractivity contribution in [1.29, 1.82) is 0 Å². The normalized spacial score (nSPS) is 11.0. The number of rotatable bonds is 5. The van der Waals surface area contributed by atoms with E-state index in [9.17, 15) is 4.79 Å². The van der Waals surface area contributed by atoms with Crippen LogP contribution in [0.15, 0.2) is 30.6 Å². The number of benzene rings is 1. The third-order valence-corrected chi connectivity index (χ3v) is 3.99. The molecule has 3 aromatic rings. The summed E-state index contributed by atoms with van der Waals surface area (Å²) < 4.78 is 0. The lowest BCUT2D eigenvalue weighted by Crippen LogP contribution is -2.13. The number of H-pyrrole nitrogens is 1. The van der Waals surface area contributed by atoms with Gasteiger partial charge in [-0.3, -0.25) is 14.9 Å². The highest BCUT2D eigenvalue weighted by atomic mass is 16.1. The van der Waals surface area contributed by atoms with Gasteiger partial charge in [-0.25, -0.2) is 0 Å². The summed E-state index contributed by atoms with van der Waals surface area (Å²) in [5, 5.41) is 10.9. The van der Waals surface area contributed by atoms with Crippen molar-refractivity contribution in [2.75, 3.05) is 6.54 Å². The standard InChI is InChI=1S/C17H19N5O/c1-3-19-7-12-8-20-9-14(10(12)2)11-4-5-15-13(6-11)16(17(18)23)22-21-15/h4-6,8-9,19H,3,7H2,1-2H3,(H2,18,23)(H,21,22). The minimum absolute atomic E-state index is 0.260. The number of aromatic amines is 1. The zero-order valence-electron chi connectivity index (χ0n) is 13.2. The molecule has 2 aromatic heterocycles. The molecule has 0 bridgehead atoms. The molecule has 0 aliphatic heterocycles. The van der Waals surface area contributed by atoms with Gasteiger partial charge in [0.15, 0.2) is 5.69 Å². The first-order valence-corrected chi connectivity index (χ1v) is 7.54. The van der Waals surface area contributed by atoms with Crippen molar-refractivity contribution >= 4 is 16.8 Å². The molecule has 0 atom stereocenters. The van der Waals surface area contributed by atoms with E-state index in [1.165, 1.54) is 5.56 Å². The van der Waals surface area contributed by atoms with Gasteiger partial charge in [0.25, 0.3) is 5.91 Å². The lowest BCUT2D eigenvalue weighted by Gasteiger charge is -2.11. The maximum atomic E-state index is 11.5. The van der Waals surface area contributed by atoms with Crippen LogP contribution in [0.4, 0.5) is 0 Å². The zero-order valence-corrected chi connectivity index (χ0v) is 13.2. The average molecular weight is 309 g/mol. The molecular formula is C17H19N5O. The lowest BCUT2D eigenvalue weighted by atomic mass is 9.98. The molecule has 6 nitrogen and oxygen atoms in total. The van der Waals surface area contributed by atoms with Gasteiger partial charge >= 0.3 is 0 Å². The molecule has 1 amide bonds. The van der Waals surface area contributed by atoms with Gasteiger partial charge in [-0.05, 0) is 42.3 Å². The first kappa shape index (κ1) is 15.2. The van der Waals surface area contributed by atoms with Gasteiger partial charge in [0.05, 0.1) is 5.52 Å². The number of carbonyl (C=O) groups is 1. The minimum Gasteiger partial charge on any atom is -0.364 e. The van der Waals surface area contributed by atoms with Gasteiger partial charge < -0.3 is 11.1 Å². The van der Waals surface area contributed by atoms with Gasteiger partial charge in [0.2, 0.25) is 0 Å². The molecule has 0 saturated heterocycles. The number of primary amides is 1. The number of carbonyl (C=O) groups excluding carboxylic acids is 1. The largest absolute Gasteiger partial charge is 0.364 e. The molecule has 0 unspecified atom stereocenters. The summed E-state index contributed by atoms with van der Waals surface area (Å²) in [6, 6.07) is 5.83. The van der Waals surface area contributed by atoms with Crippen LogP contribution in [-0.4, -0.2) is 27.6 Å². The van der Waals surface area contributed by atoms with E-state index in [1.807, 2.05) is 30.6 Å². The van der Waals surface area contributed by atoms with E-state index in [2.05, 4.69) is 34.3 Å². The smallest absolute Gasteiger partial charge is 0.269 e. The zero-order chi connectivity index (χ0) is 16.4. The summed E-state index contributed by atoms with van der Waals surface area (Å²) in [5.74, 6) is -0.538. The number of nitrogens with two attached hydrogens (primary N) is 1. The van der Waals surface area contributed by atoms with Crippen LogP contribution in [0.3, 0.4) is 0 Å². The third kappa shape index (κ3) is 2.80. The maximum absolute atomic E-state index is 11.5. The SMILES string of the molecule is CCNCc1cncc(-c2ccc3[nH]nc(C(N)=O)c3c2)c1C. The predicted molar refractivity (Wildman–Crippen MR) is 90.0 cm³/mol. The van der Waals surface area contributed by atoms with Crippen molar-refractivity contribution in [3.05, 3.63) is 47.4 Å². The van der Waals surface area contributed by atoms with Crippen LogP contribution in [0, 0.1) is 6.92 Å². The van der Waals surface area contributed by atoms with E-state index >= 15 is 0 Å². The summed E-state index contributed by atoms with van der Waals surface area (Å²) in [6.07, 6.45) is 3.72. The molecule has 23 heavy (non-hydrogen) atoms. The van der Waals surface area contributed by atoms with Crippen LogP contribution in [-0.2, 0) is 6.54 Å². The molecule has 0 saturated carbocycles. The van der Waals surface area contributed by atoms with E-state index in [1.54, 1.807) is 0 Å².